The minimum atomic E-state index is 0.0699. The van der Waals surface area contributed by atoms with E-state index in [-0.39, 0.29) is 20.4 Å². The maximum absolute atomic E-state index is 2.39. The molecule has 0 amide bonds. The first-order valence-corrected chi connectivity index (χ1v) is 6.59. The van der Waals surface area contributed by atoms with E-state index in [0.717, 1.165) is 5.92 Å². The summed E-state index contributed by atoms with van der Waals surface area (Å²) in [7, 11) is 0. The van der Waals surface area contributed by atoms with Crippen LogP contribution in [0, 0.1) is 5.92 Å². The van der Waals surface area contributed by atoms with Crippen LogP contribution >= 0.6 is 0 Å². The molecular formula is C10H16Mg. The molecule has 0 spiro atoms. The summed E-state index contributed by atoms with van der Waals surface area (Å²) in [4.78, 5) is 0. The van der Waals surface area contributed by atoms with Crippen LogP contribution in [0.25, 0.3) is 0 Å². The molecule has 1 rings (SSSR count). The maximum atomic E-state index is 2.39. The third kappa shape index (κ3) is 1.41. The Kier molecular flexibility index (Phi) is 2.82. The second-order valence-corrected chi connectivity index (χ2v) is 5.00. The number of hydrogen-bond donors (Lipinski definition) is 0. The van der Waals surface area contributed by atoms with Crippen LogP contribution in [-0.4, -0.2) is 20.4 Å². The van der Waals surface area contributed by atoms with Crippen molar-refractivity contribution in [1.29, 1.82) is 0 Å². The van der Waals surface area contributed by atoms with E-state index in [4.69, 9.17) is 0 Å². The minimum Gasteiger partial charge on any atom is -0.185 e. The molecule has 0 fully saturated rings. The van der Waals surface area contributed by atoms with E-state index in [1.165, 1.54) is 0 Å². The lowest BCUT2D eigenvalue weighted by molar-refractivity contribution is 0.855. The van der Waals surface area contributed by atoms with Crippen molar-refractivity contribution in [3.05, 3.63) is 20.4 Å². The van der Waals surface area contributed by atoms with E-state index < -0.39 is 0 Å². The molecule has 0 N–H and O–H groups in total. The largest absolute Gasteiger partial charge is 0.399 e. The zero-order chi connectivity index (χ0) is 8.59. The Morgan fingerprint density at radius 3 is 1.82 bits per heavy atom. The normalized spacial score (nSPS) is 24.6. The molecule has 0 aliphatic heterocycles. The first-order chi connectivity index (χ1) is 5.09. The summed E-state index contributed by atoms with van der Waals surface area (Å²) in [6.07, 6.45) is 0. The van der Waals surface area contributed by atoms with Crippen LogP contribution in [0.1, 0.15) is 27.7 Å². The minimum absolute atomic E-state index is 0.0699. The summed E-state index contributed by atoms with van der Waals surface area (Å²) in [5.74, 6) is 0.770. The van der Waals surface area contributed by atoms with Gasteiger partial charge in [-0.05, 0) is 26.7 Å². The van der Waals surface area contributed by atoms with Gasteiger partial charge < -0.3 is 0 Å². The van der Waals surface area contributed by atoms with Gasteiger partial charge in [0.25, 0.3) is 0 Å². The smallest absolute Gasteiger partial charge is 0.185 e. The quantitative estimate of drug-likeness (QED) is 0.518. The van der Waals surface area contributed by atoms with Gasteiger partial charge in [0.15, 0.2) is 0 Å². The first kappa shape index (κ1) is 9.34. The third-order valence-electron chi connectivity index (χ3n) is 3.19. The highest BCUT2D eigenvalue weighted by atomic mass is 24.5. The second-order valence-electron chi connectivity index (χ2n) is 3.53. The van der Waals surface area contributed by atoms with Crippen LogP contribution in [0.15, 0.2) is 20.4 Å². The standard InChI is InChI=1S/C9H13.CH3.Mg/c1-6-5-7(2)9(4)8(6)3;;/h6H,1-4H3;1H3;. The lowest BCUT2D eigenvalue weighted by Crippen LogP contribution is -2.01. The van der Waals surface area contributed by atoms with Crippen molar-refractivity contribution in [3.8, 4) is 0 Å². The van der Waals surface area contributed by atoms with E-state index >= 15 is 0 Å². The van der Waals surface area contributed by atoms with E-state index in [1.54, 1.807) is 20.4 Å². The maximum Gasteiger partial charge on any atom is 0.399 e. The van der Waals surface area contributed by atoms with Crippen LogP contribution in [0.2, 0.25) is 5.05 Å². The molecular weight excluding hydrogens is 144 g/mol. The Labute approximate surface area is 79.5 Å². The van der Waals surface area contributed by atoms with Gasteiger partial charge >= 0.3 is 20.4 Å². The average Bonchev–Trinajstić information content (AvgIpc) is 2.17. The van der Waals surface area contributed by atoms with Gasteiger partial charge in [-0.15, -0.1) is 0 Å². The molecule has 0 aromatic heterocycles. The third-order valence-corrected chi connectivity index (χ3v) is 5.09. The lowest BCUT2D eigenvalue weighted by atomic mass is 10.1. The Balaban J connectivity index is 3.04. The molecule has 1 heteroatoms. The van der Waals surface area contributed by atoms with Gasteiger partial charge in [0.2, 0.25) is 0 Å². The van der Waals surface area contributed by atoms with E-state index in [9.17, 15) is 0 Å². The zero-order valence-corrected chi connectivity index (χ0v) is 9.70. The highest BCUT2D eigenvalue weighted by molar-refractivity contribution is 6.44. The van der Waals surface area contributed by atoms with Crippen molar-refractivity contribution < 1.29 is 0 Å². The average molecular weight is 161 g/mol. The summed E-state index contributed by atoms with van der Waals surface area (Å²) in [5.41, 5.74) is 4.76. The molecule has 0 nitrogen and oxygen atoms in total. The molecule has 0 aromatic rings. The topological polar surface area (TPSA) is 0 Å². The van der Waals surface area contributed by atoms with Crippen LogP contribution in [0.3, 0.4) is 0 Å². The van der Waals surface area contributed by atoms with Crippen molar-refractivity contribution in [3.63, 3.8) is 0 Å². The fraction of sp³-hybridized carbons (Fsp3) is 0.600. The van der Waals surface area contributed by atoms with Crippen LogP contribution < -0.4 is 0 Å². The number of rotatable bonds is 1. The molecule has 0 saturated heterocycles. The van der Waals surface area contributed by atoms with Gasteiger partial charge in [-0.3, -0.25) is 0 Å². The molecule has 58 valence electrons. The first-order valence-electron chi connectivity index (χ1n) is 4.47. The second kappa shape index (κ2) is 3.32. The van der Waals surface area contributed by atoms with Gasteiger partial charge in [0.1, 0.15) is 0 Å². The van der Waals surface area contributed by atoms with Gasteiger partial charge in [0.05, 0.1) is 0 Å². The Morgan fingerprint density at radius 1 is 1.09 bits per heavy atom. The highest BCUT2D eigenvalue weighted by Gasteiger charge is 2.21. The van der Waals surface area contributed by atoms with Crippen LogP contribution in [0.4, 0.5) is 0 Å². The van der Waals surface area contributed by atoms with Crippen LogP contribution in [-0.2, 0) is 0 Å². The van der Waals surface area contributed by atoms with Crippen molar-refractivity contribution in [2.45, 2.75) is 32.7 Å². The predicted octanol–water partition coefficient (Wildman–Crippen LogP) is 3.00. The molecule has 0 saturated carbocycles. The summed E-state index contributed by atoms with van der Waals surface area (Å²) < 4.78 is 1.78. The fourth-order valence-corrected chi connectivity index (χ4v) is 3.73. The molecule has 0 aromatic carbocycles. The summed E-state index contributed by atoms with van der Waals surface area (Å²) in [6.45, 7) is 9.17. The van der Waals surface area contributed by atoms with Gasteiger partial charge in [-0.2, -0.15) is 8.76 Å². The van der Waals surface area contributed by atoms with E-state index in [1.807, 2.05) is 0 Å². The molecule has 1 atom stereocenters. The lowest BCUT2D eigenvalue weighted by Gasteiger charge is -2.09. The fourth-order valence-electron chi connectivity index (χ4n) is 2.02. The Bertz CT molecular complexity index is 233. The monoisotopic (exact) mass is 160 g/mol. The van der Waals surface area contributed by atoms with Gasteiger partial charge in [0, 0.05) is 0 Å². The summed E-state index contributed by atoms with van der Waals surface area (Å²) in [6, 6.07) is 0. The molecule has 1 aliphatic carbocycles. The van der Waals surface area contributed by atoms with Gasteiger partial charge in [-0.1, -0.05) is 23.6 Å². The number of allylic oxidation sites excluding steroid dienone is 4. The van der Waals surface area contributed by atoms with Crippen molar-refractivity contribution >= 4 is 20.4 Å². The molecule has 11 heavy (non-hydrogen) atoms. The van der Waals surface area contributed by atoms with E-state index in [0.29, 0.717) is 0 Å². The molecule has 0 bridgehead atoms. The molecule has 1 aliphatic rings. The van der Waals surface area contributed by atoms with Gasteiger partial charge in [-0.25, -0.2) is 0 Å². The van der Waals surface area contributed by atoms with E-state index in [2.05, 4.69) is 32.7 Å². The van der Waals surface area contributed by atoms with Crippen molar-refractivity contribution in [1.82, 2.24) is 0 Å². The SMILES string of the molecule is [CH3][Mg][C]1=C(C)C(C)=C(C)C1C. The predicted molar refractivity (Wildman–Crippen MR) is 51.9 cm³/mol. The Hall–Kier alpha value is 0.246. The van der Waals surface area contributed by atoms with Crippen molar-refractivity contribution in [2.75, 3.05) is 0 Å². The van der Waals surface area contributed by atoms with Crippen LogP contribution in [0.5, 0.6) is 0 Å². The highest BCUT2D eigenvalue weighted by Crippen LogP contribution is 2.35. The van der Waals surface area contributed by atoms with Crippen molar-refractivity contribution in [2.24, 2.45) is 5.92 Å². The number of hydrogen-bond acceptors (Lipinski definition) is 0. The summed E-state index contributed by atoms with van der Waals surface area (Å²) in [5, 5.41) is 2.39. The zero-order valence-electron chi connectivity index (χ0n) is 8.28. The molecule has 0 radical (unpaired) electrons. The molecule has 0 heterocycles. The Morgan fingerprint density at radius 2 is 1.64 bits per heavy atom. The molecule has 1 unspecified atom stereocenters. The summed E-state index contributed by atoms with van der Waals surface area (Å²) >= 11 is 0.0699.